The molecule has 190 valence electrons. The molecule has 35 heavy (non-hydrogen) atoms. The number of carbonyl (C=O) groups excluding carboxylic acids is 1. The number of aromatic nitrogens is 2. The van der Waals surface area contributed by atoms with Crippen LogP contribution in [-0.4, -0.2) is 38.8 Å². The molecule has 1 unspecified atom stereocenters. The number of nitrogens with zero attached hydrogens (tertiary/aromatic N) is 2. The molecule has 0 saturated heterocycles. The van der Waals surface area contributed by atoms with E-state index in [0.717, 1.165) is 36.3 Å². The molecule has 7 nitrogen and oxygen atoms in total. The van der Waals surface area contributed by atoms with Gasteiger partial charge >= 0.3 is 5.97 Å². The normalized spacial score (nSPS) is 21.8. The zero-order valence-corrected chi connectivity index (χ0v) is 21.7. The number of nitrogens with one attached hydrogen (secondary N) is 1. The highest BCUT2D eigenvalue weighted by atomic mass is 32.2. The van der Waals surface area contributed by atoms with Crippen molar-refractivity contribution in [1.82, 2.24) is 9.97 Å². The summed E-state index contributed by atoms with van der Waals surface area (Å²) in [4.78, 5) is 32.0. The first-order valence-electron chi connectivity index (χ1n) is 12.7. The Morgan fingerprint density at radius 2 is 1.86 bits per heavy atom. The Labute approximate surface area is 215 Å². The first-order chi connectivity index (χ1) is 17.1. The fourth-order valence-electron chi connectivity index (χ4n) is 5.64. The van der Waals surface area contributed by atoms with Crippen molar-refractivity contribution in [3.63, 3.8) is 0 Å². The van der Waals surface area contributed by atoms with Gasteiger partial charge in [-0.1, -0.05) is 49.5 Å². The van der Waals surface area contributed by atoms with Gasteiger partial charge in [-0.2, -0.15) is 0 Å². The van der Waals surface area contributed by atoms with E-state index in [4.69, 9.17) is 9.84 Å². The van der Waals surface area contributed by atoms with Crippen LogP contribution in [-0.2, 0) is 9.59 Å². The van der Waals surface area contributed by atoms with E-state index in [2.05, 4.69) is 15.3 Å². The van der Waals surface area contributed by atoms with Gasteiger partial charge in [-0.25, -0.2) is 9.97 Å². The first-order valence-corrected chi connectivity index (χ1v) is 14.5. The van der Waals surface area contributed by atoms with Crippen LogP contribution in [0.4, 0.5) is 5.13 Å². The van der Waals surface area contributed by atoms with E-state index in [1.54, 1.807) is 12.4 Å². The summed E-state index contributed by atoms with van der Waals surface area (Å²) in [6.07, 6.45) is 16.0. The number of carboxylic acid groups (broad SMARTS) is 1. The van der Waals surface area contributed by atoms with Gasteiger partial charge in [-0.3, -0.25) is 9.59 Å². The fraction of sp³-hybridized carbons (Fsp3) is 0.615. The number of carbonyl (C=O) groups is 2. The van der Waals surface area contributed by atoms with E-state index in [1.165, 1.54) is 55.2 Å². The third kappa shape index (κ3) is 8.20. The van der Waals surface area contributed by atoms with Gasteiger partial charge in [0.05, 0.1) is 16.2 Å². The summed E-state index contributed by atoms with van der Waals surface area (Å²) in [7, 11) is 0. The van der Waals surface area contributed by atoms with E-state index in [1.807, 2.05) is 18.2 Å². The number of pyridine rings is 1. The fourth-order valence-corrected chi connectivity index (χ4v) is 7.25. The average Bonchev–Trinajstić information content (AvgIpc) is 3.32. The predicted molar refractivity (Wildman–Crippen MR) is 139 cm³/mol. The average molecular weight is 518 g/mol. The molecule has 4 rings (SSSR count). The zero-order chi connectivity index (χ0) is 24.5. The number of rotatable bonds is 11. The van der Waals surface area contributed by atoms with Crippen LogP contribution in [0.2, 0.25) is 0 Å². The summed E-state index contributed by atoms with van der Waals surface area (Å²) >= 11 is 2.56. The number of ether oxygens (including phenoxy) is 1. The van der Waals surface area contributed by atoms with Gasteiger partial charge in [0, 0.05) is 18.7 Å². The molecule has 2 heterocycles. The molecule has 0 spiro atoms. The van der Waals surface area contributed by atoms with Crippen molar-refractivity contribution in [2.75, 3.05) is 11.1 Å². The summed E-state index contributed by atoms with van der Waals surface area (Å²) in [5.41, 5.74) is 0. The summed E-state index contributed by atoms with van der Waals surface area (Å²) in [5, 5.41) is 12.3. The lowest BCUT2D eigenvalue weighted by atomic mass is 9.67. The molecule has 2 N–H and O–H groups in total. The summed E-state index contributed by atoms with van der Waals surface area (Å²) in [6, 6.07) is 5.78. The number of hydrogen-bond acceptors (Lipinski definition) is 7. The Morgan fingerprint density at radius 1 is 1.09 bits per heavy atom. The largest absolute Gasteiger partial charge is 0.481 e. The molecule has 2 saturated carbocycles. The standard InChI is InChI=1S/C26H35N3O4S2/c30-22(29-26-28-16-25(35-26)34-17-24(31)32)14-13-21(18-6-2-1-3-7-18)19-9-11-20(12-10-19)33-23-8-4-5-15-27-23/h4-5,8,15-16,18-21H,1-3,6-7,9-14,17H2,(H,31,32)(H,28,29,30). The van der Waals surface area contributed by atoms with Crippen LogP contribution in [0.1, 0.15) is 70.6 Å². The summed E-state index contributed by atoms with van der Waals surface area (Å²) in [5.74, 6) is 1.79. The number of anilines is 1. The Hall–Kier alpha value is -2.13. The van der Waals surface area contributed by atoms with Crippen molar-refractivity contribution < 1.29 is 19.4 Å². The quantitative estimate of drug-likeness (QED) is 0.339. The van der Waals surface area contributed by atoms with Gasteiger partial charge in [0.25, 0.3) is 0 Å². The first kappa shape index (κ1) is 25.9. The SMILES string of the molecule is O=C(O)CSc1cnc(NC(=O)CCC(C2CCCCC2)C2CCC(Oc3ccccn3)CC2)s1. The molecule has 9 heteroatoms. The van der Waals surface area contributed by atoms with Crippen molar-refractivity contribution in [1.29, 1.82) is 0 Å². The van der Waals surface area contributed by atoms with Crippen LogP contribution in [0.25, 0.3) is 0 Å². The smallest absolute Gasteiger partial charge is 0.313 e. The number of thiazole rings is 1. The molecular formula is C26H35N3O4S2. The molecular weight excluding hydrogens is 482 g/mol. The van der Waals surface area contributed by atoms with Gasteiger partial charge in [0.1, 0.15) is 6.10 Å². The molecule has 0 bridgehead atoms. The van der Waals surface area contributed by atoms with Gasteiger partial charge in [-0.05, 0) is 55.9 Å². The van der Waals surface area contributed by atoms with E-state index < -0.39 is 5.97 Å². The molecule has 2 aliphatic carbocycles. The molecule has 1 atom stereocenters. The summed E-state index contributed by atoms with van der Waals surface area (Å²) in [6.45, 7) is 0. The number of amides is 1. The van der Waals surface area contributed by atoms with Gasteiger partial charge in [-0.15, -0.1) is 11.8 Å². The summed E-state index contributed by atoms with van der Waals surface area (Å²) < 4.78 is 6.91. The van der Waals surface area contributed by atoms with Crippen LogP contribution in [0.3, 0.4) is 0 Å². The van der Waals surface area contributed by atoms with Crippen LogP contribution in [0.15, 0.2) is 34.8 Å². The van der Waals surface area contributed by atoms with Crippen molar-refractivity contribution in [3.05, 3.63) is 30.6 Å². The lowest BCUT2D eigenvalue weighted by Crippen LogP contribution is -2.32. The minimum absolute atomic E-state index is 0.00196. The molecule has 1 amide bonds. The minimum atomic E-state index is -0.861. The Kier molecular flexibility index (Phi) is 9.83. The predicted octanol–water partition coefficient (Wildman–Crippen LogP) is 6.27. The number of hydrogen-bond donors (Lipinski definition) is 2. The number of thioether (sulfide) groups is 1. The highest BCUT2D eigenvalue weighted by molar-refractivity contribution is 8.01. The van der Waals surface area contributed by atoms with Crippen molar-refractivity contribution in [2.45, 2.75) is 80.9 Å². The van der Waals surface area contributed by atoms with Gasteiger partial charge < -0.3 is 15.2 Å². The van der Waals surface area contributed by atoms with E-state index in [0.29, 0.717) is 35.2 Å². The highest BCUT2D eigenvalue weighted by Crippen LogP contribution is 2.42. The minimum Gasteiger partial charge on any atom is -0.481 e. The maximum Gasteiger partial charge on any atom is 0.313 e. The molecule has 0 radical (unpaired) electrons. The van der Waals surface area contributed by atoms with Gasteiger partial charge in [0.2, 0.25) is 11.8 Å². The molecule has 2 aromatic heterocycles. The Balaban J connectivity index is 1.28. The van der Waals surface area contributed by atoms with E-state index in [9.17, 15) is 9.59 Å². The van der Waals surface area contributed by atoms with Crippen LogP contribution in [0.5, 0.6) is 5.88 Å². The monoisotopic (exact) mass is 517 g/mol. The van der Waals surface area contributed by atoms with Crippen LogP contribution < -0.4 is 10.1 Å². The lowest BCUT2D eigenvalue weighted by Gasteiger charge is -2.39. The van der Waals surface area contributed by atoms with E-state index >= 15 is 0 Å². The molecule has 0 aromatic carbocycles. The highest BCUT2D eigenvalue weighted by Gasteiger charge is 2.34. The van der Waals surface area contributed by atoms with E-state index in [-0.39, 0.29) is 17.8 Å². The molecule has 2 aromatic rings. The van der Waals surface area contributed by atoms with Crippen LogP contribution in [0, 0.1) is 17.8 Å². The van der Waals surface area contributed by atoms with Crippen molar-refractivity contribution in [3.8, 4) is 5.88 Å². The zero-order valence-electron chi connectivity index (χ0n) is 20.1. The third-order valence-electron chi connectivity index (χ3n) is 7.28. The maximum absolute atomic E-state index is 12.7. The van der Waals surface area contributed by atoms with Crippen molar-refractivity contribution in [2.24, 2.45) is 17.8 Å². The number of carboxylic acids is 1. The van der Waals surface area contributed by atoms with Crippen LogP contribution >= 0.6 is 23.1 Å². The molecule has 0 aliphatic heterocycles. The Morgan fingerprint density at radius 3 is 2.57 bits per heavy atom. The lowest BCUT2D eigenvalue weighted by molar-refractivity contribution is -0.133. The number of aliphatic carboxylic acids is 1. The molecule has 2 fully saturated rings. The van der Waals surface area contributed by atoms with Gasteiger partial charge in [0.15, 0.2) is 5.13 Å². The molecule has 2 aliphatic rings. The second-order valence-electron chi connectivity index (χ2n) is 9.64. The third-order valence-corrected chi connectivity index (χ3v) is 9.37. The second-order valence-corrected chi connectivity index (χ2v) is 11.9. The topological polar surface area (TPSA) is 101 Å². The maximum atomic E-state index is 12.7. The Bertz CT molecular complexity index is 941. The van der Waals surface area contributed by atoms with Crippen molar-refractivity contribution >= 4 is 40.1 Å². The second kappa shape index (κ2) is 13.3.